The molecule has 0 radical (unpaired) electrons. The first-order chi connectivity index (χ1) is 14.1. The van der Waals surface area contributed by atoms with Gasteiger partial charge < -0.3 is 4.43 Å². The number of hydrogen-bond acceptors (Lipinski definition) is 2. The molecule has 0 fully saturated rings. The molecule has 0 aliphatic rings. The molecule has 0 heterocycles. The molecule has 0 spiro atoms. The highest BCUT2D eigenvalue weighted by Crippen LogP contribution is 2.14. The van der Waals surface area contributed by atoms with Crippen LogP contribution < -0.4 is 5.19 Å². The van der Waals surface area contributed by atoms with E-state index in [-0.39, 0.29) is 5.97 Å². The van der Waals surface area contributed by atoms with Gasteiger partial charge in [0.1, 0.15) is 0 Å². The summed E-state index contributed by atoms with van der Waals surface area (Å²) in [6, 6.07) is 10.2. The number of benzene rings is 1. The van der Waals surface area contributed by atoms with E-state index in [0.29, 0.717) is 6.42 Å². The zero-order valence-corrected chi connectivity index (χ0v) is 20.5. The van der Waals surface area contributed by atoms with Gasteiger partial charge in [0.15, 0.2) is 0 Å². The fourth-order valence-corrected chi connectivity index (χ4v) is 5.66. The first-order valence-corrected chi connectivity index (χ1v) is 15.2. The molecule has 2 nitrogen and oxygen atoms in total. The molecule has 1 aromatic carbocycles. The maximum absolute atomic E-state index is 12.2. The van der Waals surface area contributed by atoms with E-state index in [2.05, 4.69) is 32.2 Å². The quantitative estimate of drug-likeness (QED) is 0.179. The summed E-state index contributed by atoms with van der Waals surface area (Å²) >= 11 is 0. The van der Waals surface area contributed by atoms with Gasteiger partial charge in [0, 0.05) is 6.42 Å². The molecule has 0 bridgehead atoms. The van der Waals surface area contributed by atoms with E-state index in [0.717, 1.165) is 12.8 Å². The van der Waals surface area contributed by atoms with Crippen molar-refractivity contribution in [1.82, 2.24) is 0 Å². The SMILES string of the molecule is CCCCCCCCCCCCCCCCCC(=O)O[Si](C)(C)c1ccccc1. The van der Waals surface area contributed by atoms with Crippen molar-refractivity contribution in [3.63, 3.8) is 0 Å². The van der Waals surface area contributed by atoms with Crippen LogP contribution in [0.3, 0.4) is 0 Å². The molecule has 0 aliphatic heterocycles. The normalized spacial score (nSPS) is 11.6. The minimum absolute atomic E-state index is 0.0137. The molecule has 0 unspecified atom stereocenters. The van der Waals surface area contributed by atoms with E-state index >= 15 is 0 Å². The number of carbonyl (C=O) groups excluding carboxylic acids is 1. The highest BCUT2D eigenvalue weighted by atomic mass is 28.4. The summed E-state index contributed by atoms with van der Waals surface area (Å²) in [4.78, 5) is 12.2. The van der Waals surface area contributed by atoms with Crippen molar-refractivity contribution < 1.29 is 9.22 Å². The summed E-state index contributed by atoms with van der Waals surface area (Å²) < 4.78 is 5.84. The van der Waals surface area contributed by atoms with E-state index in [4.69, 9.17) is 4.43 Å². The Labute approximate surface area is 182 Å². The van der Waals surface area contributed by atoms with Crippen molar-refractivity contribution in [3.05, 3.63) is 30.3 Å². The second-order valence-corrected chi connectivity index (χ2v) is 12.9. The second kappa shape index (κ2) is 16.7. The molecule has 166 valence electrons. The van der Waals surface area contributed by atoms with Crippen molar-refractivity contribution in [1.29, 1.82) is 0 Å². The van der Waals surface area contributed by atoms with E-state index < -0.39 is 8.32 Å². The summed E-state index contributed by atoms with van der Waals surface area (Å²) in [7, 11) is -2.10. The van der Waals surface area contributed by atoms with Crippen LogP contribution in [-0.2, 0) is 9.22 Å². The van der Waals surface area contributed by atoms with Crippen LogP contribution in [0, 0.1) is 0 Å². The molecule has 0 aromatic heterocycles. The fourth-order valence-electron chi connectivity index (χ4n) is 3.87. The van der Waals surface area contributed by atoms with Gasteiger partial charge in [0.25, 0.3) is 14.3 Å². The maximum atomic E-state index is 12.2. The predicted molar refractivity (Wildman–Crippen MR) is 129 cm³/mol. The monoisotopic (exact) mass is 418 g/mol. The van der Waals surface area contributed by atoms with E-state index in [1.54, 1.807) is 0 Å². The Balaban J connectivity index is 1.90. The van der Waals surface area contributed by atoms with E-state index in [1.165, 1.54) is 88.7 Å². The maximum Gasteiger partial charge on any atom is 0.292 e. The van der Waals surface area contributed by atoms with Crippen LogP contribution in [0.4, 0.5) is 0 Å². The zero-order valence-electron chi connectivity index (χ0n) is 19.5. The number of rotatable bonds is 18. The standard InChI is InChI=1S/C26H46O2Si/c1-4-5-6-7-8-9-10-11-12-13-14-15-16-17-21-24-26(27)28-29(2,3)25-22-19-18-20-23-25/h18-20,22-23H,4-17,21,24H2,1-3H3. The number of hydrogen-bond donors (Lipinski definition) is 0. The highest BCUT2D eigenvalue weighted by Gasteiger charge is 2.28. The third-order valence-corrected chi connectivity index (χ3v) is 8.28. The van der Waals surface area contributed by atoms with Crippen molar-refractivity contribution in [2.24, 2.45) is 0 Å². The molecule has 3 heteroatoms. The van der Waals surface area contributed by atoms with Gasteiger partial charge in [-0.2, -0.15) is 0 Å². The largest absolute Gasteiger partial charge is 0.515 e. The Bertz CT molecular complexity index is 513. The molecule has 0 aliphatic carbocycles. The lowest BCUT2D eigenvalue weighted by molar-refractivity contribution is -0.135. The third kappa shape index (κ3) is 13.7. The van der Waals surface area contributed by atoms with Gasteiger partial charge in [-0.05, 0) is 24.7 Å². The van der Waals surface area contributed by atoms with Gasteiger partial charge in [0.05, 0.1) is 0 Å². The zero-order chi connectivity index (χ0) is 21.2. The van der Waals surface area contributed by atoms with Crippen molar-refractivity contribution >= 4 is 19.5 Å². The summed E-state index contributed by atoms with van der Waals surface area (Å²) in [6.07, 6.45) is 20.7. The van der Waals surface area contributed by atoms with Gasteiger partial charge in [-0.3, -0.25) is 4.79 Å². The van der Waals surface area contributed by atoms with Gasteiger partial charge in [-0.25, -0.2) is 0 Å². The molecule has 1 aromatic rings. The Morgan fingerprint density at radius 3 is 1.55 bits per heavy atom. The Morgan fingerprint density at radius 2 is 1.10 bits per heavy atom. The highest BCUT2D eigenvalue weighted by molar-refractivity contribution is 6.85. The number of unbranched alkanes of at least 4 members (excludes halogenated alkanes) is 14. The minimum atomic E-state index is -2.10. The lowest BCUT2D eigenvalue weighted by Gasteiger charge is -2.23. The fraction of sp³-hybridized carbons (Fsp3) is 0.731. The van der Waals surface area contributed by atoms with E-state index in [9.17, 15) is 4.79 Å². The lowest BCUT2D eigenvalue weighted by Crippen LogP contribution is -2.46. The van der Waals surface area contributed by atoms with Gasteiger partial charge in [-0.1, -0.05) is 127 Å². The minimum Gasteiger partial charge on any atom is -0.515 e. The lowest BCUT2D eigenvalue weighted by atomic mass is 10.0. The number of carbonyl (C=O) groups is 1. The Hall–Kier alpha value is -1.09. The van der Waals surface area contributed by atoms with Crippen LogP contribution in [0.15, 0.2) is 30.3 Å². The van der Waals surface area contributed by atoms with Crippen LogP contribution in [0.25, 0.3) is 0 Å². The second-order valence-electron chi connectivity index (χ2n) is 9.05. The smallest absolute Gasteiger partial charge is 0.292 e. The van der Waals surface area contributed by atoms with Crippen LogP contribution >= 0.6 is 0 Å². The molecule has 0 saturated heterocycles. The molecule has 0 atom stereocenters. The summed E-state index contributed by atoms with van der Waals surface area (Å²) in [6.45, 7) is 6.49. The first kappa shape index (κ1) is 25.9. The Kier molecular flexibility index (Phi) is 14.9. The van der Waals surface area contributed by atoms with Gasteiger partial charge in [0.2, 0.25) is 0 Å². The molecule has 29 heavy (non-hydrogen) atoms. The molecule has 0 amide bonds. The van der Waals surface area contributed by atoms with Gasteiger partial charge in [-0.15, -0.1) is 0 Å². The third-order valence-electron chi connectivity index (χ3n) is 5.82. The molecule has 0 saturated carbocycles. The van der Waals surface area contributed by atoms with Crippen molar-refractivity contribution in [3.8, 4) is 0 Å². The van der Waals surface area contributed by atoms with Crippen molar-refractivity contribution in [2.75, 3.05) is 0 Å². The predicted octanol–water partition coefficient (Wildman–Crippen LogP) is 7.90. The van der Waals surface area contributed by atoms with Crippen LogP contribution in [0.1, 0.15) is 110 Å². The average Bonchev–Trinajstić information content (AvgIpc) is 2.71. The summed E-state index contributed by atoms with van der Waals surface area (Å²) in [5.41, 5.74) is 0. The van der Waals surface area contributed by atoms with Crippen LogP contribution in [0.2, 0.25) is 13.1 Å². The van der Waals surface area contributed by atoms with E-state index in [1.807, 2.05) is 18.2 Å². The summed E-state index contributed by atoms with van der Waals surface area (Å²) in [5, 5.41) is 1.19. The first-order valence-electron chi connectivity index (χ1n) is 12.3. The Morgan fingerprint density at radius 1 is 0.690 bits per heavy atom. The molecular formula is C26H46O2Si. The van der Waals surface area contributed by atoms with Crippen LogP contribution in [-0.4, -0.2) is 14.3 Å². The molecular weight excluding hydrogens is 372 g/mol. The molecule has 1 rings (SSSR count). The van der Waals surface area contributed by atoms with Crippen LogP contribution in [0.5, 0.6) is 0 Å². The van der Waals surface area contributed by atoms with Crippen molar-refractivity contribution in [2.45, 2.75) is 123 Å². The summed E-state index contributed by atoms with van der Waals surface area (Å²) in [5.74, 6) is -0.0137. The molecule has 0 N–H and O–H groups in total. The average molecular weight is 419 g/mol. The topological polar surface area (TPSA) is 26.3 Å². The van der Waals surface area contributed by atoms with Gasteiger partial charge >= 0.3 is 0 Å².